The second kappa shape index (κ2) is 6.41. The van der Waals surface area contributed by atoms with E-state index in [0.717, 1.165) is 45.4 Å². The van der Waals surface area contributed by atoms with E-state index >= 15 is 0 Å². The lowest BCUT2D eigenvalue weighted by atomic mass is 9.91. The lowest BCUT2D eigenvalue weighted by Gasteiger charge is -2.43. The number of ether oxygens (including phenoxy) is 1. The van der Waals surface area contributed by atoms with E-state index in [1.54, 1.807) is 0 Å². The average molecular weight is 283 g/mol. The first-order valence-corrected chi connectivity index (χ1v) is 7.77. The minimum atomic E-state index is -0.511. The molecule has 0 spiro atoms. The molecule has 2 atom stereocenters. The zero-order valence-corrected chi connectivity index (χ0v) is 13.3. The van der Waals surface area contributed by atoms with Gasteiger partial charge in [-0.1, -0.05) is 6.92 Å². The van der Waals surface area contributed by atoms with Gasteiger partial charge in [0.1, 0.15) is 5.54 Å². The normalized spacial score (nSPS) is 28.1. The second-order valence-electron chi connectivity index (χ2n) is 6.27. The molecule has 0 aromatic heterocycles. The van der Waals surface area contributed by atoms with Crippen molar-refractivity contribution in [2.75, 3.05) is 47.4 Å². The summed E-state index contributed by atoms with van der Waals surface area (Å²) in [5, 5.41) is 3.29. The maximum Gasteiger partial charge on any atom is 0.327 e. The summed E-state index contributed by atoms with van der Waals surface area (Å²) in [5.74, 6) is 0.328. The smallest absolute Gasteiger partial charge is 0.327 e. The van der Waals surface area contributed by atoms with Crippen molar-refractivity contribution in [3.8, 4) is 0 Å². The maximum atomic E-state index is 12.3. The van der Waals surface area contributed by atoms with Crippen LogP contribution in [-0.2, 0) is 9.53 Å². The standard InChI is InChI=1S/C15H29N3O2/c1-5-13-10-18(9-8-17(13)3)11-15(16-2,12-6-7-12)14(19)20-4/h12-13,16H,5-11H2,1-4H3. The number of esters is 1. The van der Waals surface area contributed by atoms with Crippen LogP contribution in [0.5, 0.6) is 0 Å². The van der Waals surface area contributed by atoms with Crippen LogP contribution < -0.4 is 5.32 Å². The van der Waals surface area contributed by atoms with Crippen molar-refractivity contribution < 1.29 is 9.53 Å². The zero-order chi connectivity index (χ0) is 14.8. The van der Waals surface area contributed by atoms with Gasteiger partial charge in [-0.25, -0.2) is 4.79 Å². The molecule has 1 N–H and O–H groups in total. The van der Waals surface area contributed by atoms with Gasteiger partial charge < -0.3 is 15.0 Å². The van der Waals surface area contributed by atoms with Crippen LogP contribution in [0.1, 0.15) is 26.2 Å². The molecule has 2 fully saturated rings. The molecule has 116 valence electrons. The number of carbonyl (C=O) groups excluding carboxylic acids is 1. The molecule has 0 aromatic carbocycles. The van der Waals surface area contributed by atoms with Crippen LogP contribution >= 0.6 is 0 Å². The van der Waals surface area contributed by atoms with Gasteiger partial charge in [-0.15, -0.1) is 0 Å². The van der Waals surface area contributed by atoms with Gasteiger partial charge in [0, 0.05) is 32.2 Å². The van der Waals surface area contributed by atoms with E-state index in [4.69, 9.17) is 4.74 Å². The largest absolute Gasteiger partial charge is 0.468 e. The summed E-state index contributed by atoms with van der Waals surface area (Å²) in [7, 11) is 5.58. The van der Waals surface area contributed by atoms with Gasteiger partial charge in [-0.05, 0) is 39.3 Å². The lowest BCUT2D eigenvalue weighted by molar-refractivity contribution is -0.151. The molecular weight excluding hydrogens is 254 g/mol. The molecule has 2 unspecified atom stereocenters. The quantitative estimate of drug-likeness (QED) is 0.722. The van der Waals surface area contributed by atoms with E-state index in [1.807, 2.05) is 7.05 Å². The molecule has 2 aliphatic rings. The fourth-order valence-corrected chi connectivity index (χ4v) is 3.45. The Bertz CT molecular complexity index is 346. The number of nitrogens with one attached hydrogen (secondary N) is 1. The van der Waals surface area contributed by atoms with Crippen LogP contribution in [0.3, 0.4) is 0 Å². The molecule has 0 radical (unpaired) electrons. The van der Waals surface area contributed by atoms with Gasteiger partial charge in [0.2, 0.25) is 0 Å². The highest BCUT2D eigenvalue weighted by Crippen LogP contribution is 2.41. The van der Waals surface area contributed by atoms with Crippen molar-refractivity contribution in [3.05, 3.63) is 0 Å². The molecule has 1 aliphatic carbocycles. The van der Waals surface area contributed by atoms with Crippen molar-refractivity contribution >= 4 is 5.97 Å². The maximum absolute atomic E-state index is 12.3. The van der Waals surface area contributed by atoms with Crippen molar-refractivity contribution in [3.63, 3.8) is 0 Å². The Morgan fingerprint density at radius 2 is 2.10 bits per heavy atom. The first kappa shape index (κ1) is 15.7. The minimum absolute atomic E-state index is 0.102. The summed E-state index contributed by atoms with van der Waals surface area (Å²) in [5.41, 5.74) is -0.511. The predicted octanol–water partition coefficient (Wildman–Crippen LogP) is 0.554. The Labute approximate surface area is 122 Å². The molecule has 0 aromatic rings. The van der Waals surface area contributed by atoms with Crippen LogP contribution in [-0.4, -0.2) is 74.7 Å². The van der Waals surface area contributed by atoms with Gasteiger partial charge in [0.05, 0.1) is 7.11 Å². The van der Waals surface area contributed by atoms with E-state index in [0.29, 0.717) is 12.0 Å². The highest BCUT2D eigenvalue weighted by atomic mass is 16.5. The summed E-state index contributed by atoms with van der Waals surface area (Å²) in [4.78, 5) is 17.2. The predicted molar refractivity (Wildman–Crippen MR) is 79.7 cm³/mol. The number of methoxy groups -OCH3 is 1. The zero-order valence-electron chi connectivity index (χ0n) is 13.3. The molecule has 1 saturated heterocycles. The molecule has 0 amide bonds. The third kappa shape index (κ3) is 3.00. The summed E-state index contributed by atoms with van der Waals surface area (Å²) in [6.45, 7) is 6.15. The topological polar surface area (TPSA) is 44.8 Å². The highest BCUT2D eigenvalue weighted by Gasteiger charge is 2.52. The van der Waals surface area contributed by atoms with Crippen molar-refractivity contribution in [1.29, 1.82) is 0 Å². The van der Waals surface area contributed by atoms with Crippen LogP contribution in [0.25, 0.3) is 0 Å². The molecule has 5 heteroatoms. The first-order chi connectivity index (χ1) is 9.57. The van der Waals surface area contributed by atoms with E-state index in [-0.39, 0.29) is 5.97 Å². The second-order valence-corrected chi connectivity index (χ2v) is 6.27. The molecule has 1 saturated carbocycles. The molecular formula is C15H29N3O2. The monoisotopic (exact) mass is 283 g/mol. The van der Waals surface area contributed by atoms with E-state index < -0.39 is 5.54 Å². The van der Waals surface area contributed by atoms with Crippen LogP contribution in [0.2, 0.25) is 0 Å². The average Bonchev–Trinajstić information content (AvgIpc) is 3.30. The Hall–Kier alpha value is -0.650. The third-order valence-electron chi connectivity index (χ3n) is 5.08. The minimum Gasteiger partial charge on any atom is -0.468 e. The van der Waals surface area contributed by atoms with Crippen molar-refractivity contribution in [1.82, 2.24) is 15.1 Å². The van der Waals surface area contributed by atoms with Gasteiger partial charge >= 0.3 is 5.97 Å². The Balaban J connectivity index is 2.06. The number of likely N-dealkylation sites (N-methyl/N-ethyl adjacent to an activating group) is 2. The highest BCUT2D eigenvalue weighted by molar-refractivity contribution is 5.82. The SMILES string of the molecule is CCC1CN(CC(NC)(C(=O)OC)C2CC2)CCN1C. The number of hydrogen-bond donors (Lipinski definition) is 1. The molecule has 0 bridgehead atoms. The summed E-state index contributed by atoms with van der Waals surface area (Å²) >= 11 is 0. The molecule has 1 heterocycles. The van der Waals surface area contributed by atoms with Crippen LogP contribution in [0.15, 0.2) is 0 Å². The molecule has 5 nitrogen and oxygen atoms in total. The van der Waals surface area contributed by atoms with Gasteiger partial charge in [-0.3, -0.25) is 4.90 Å². The fraction of sp³-hybridized carbons (Fsp3) is 0.933. The Morgan fingerprint density at radius 1 is 1.40 bits per heavy atom. The van der Waals surface area contributed by atoms with E-state index in [2.05, 4.69) is 29.1 Å². The number of hydrogen-bond acceptors (Lipinski definition) is 5. The van der Waals surface area contributed by atoms with Gasteiger partial charge in [0.25, 0.3) is 0 Å². The Kier molecular flexibility index (Phi) is 5.04. The lowest BCUT2D eigenvalue weighted by Crippen LogP contribution is -2.63. The van der Waals surface area contributed by atoms with Crippen molar-refractivity contribution in [2.45, 2.75) is 37.8 Å². The van der Waals surface area contributed by atoms with Crippen LogP contribution in [0.4, 0.5) is 0 Å². The number of nitrogens with zero attached hydrogens (tertiary/aromatic N) is 2. The van der Waals surface area contributed by atoms with Crippen LogP contribution in [0, 0.1) is 5.92 Å². The number of piperazine rings is 1. The van der Waals surface area contributed by atoms with Gasteiger partial charge in [-0.2, -0.15) is 0 Å². The summed E-state index contributed by atoms with van der Waals surface area (Å²) in [6.07, 6.45) is 3.41. The number of carbonyl (C=O) groups is 1. The Morgan fingerprint density at radius 3 is 2.60 bits per heavy atom. The first-order valence-electron chi connectivity index (χ1n) is 7.77. The molecule has 2 rings (SSSR count). The fourth-order valence-electron chi connectivity index (χ4n) is 3.45. The summed E-state index contributed by atoms with van der Waals surface area (Å²) in [6, 6.07) is 0.593. The third-order valence-corrected chi connectivity index (χ3v) is 5.08. The molecule has 20 heavy (non-hydrogen) atoms. The molecule has 1 aliphatic heterocycles. The summed E-state index contributed by atoms with van der Waals surface area (Å²) < 4.78 is 5.09. The van der Waals surface area contributed by atoms with E-state index in [1.165, 1.54) is 7.11 Å². The van der Waals surface area contributed by atoms with Crippen molar-refractivity contribution in [2.24, 2.45) is 5.92 Å². The number of rotatable bonds is 6. The van der Waals surface area contributed by atoms with E-state index in [9.17, 15) is 4.79 Å². The van der Waals surface area contributed by atoms with Gasteiger partial charge in [0.15, 0.2) is 0 Å².